The molecule has 1 rings (SSSR count). The van der Waals surface area contributed by atoms with Gasteiger partial charge in [0.1, 0.15) is 5.69 Å². The summed E-state index contributed by atoms with van der Waals surface area (Å²) in [6.07, 6.45) is -3.00. The molecule has 0 atom stereocenters. The van der Waals surface area contributed by atoms with Crippen molar-refractivity contribution in [1.82, 2.24) is 15.2 Å². The van der Waals surface area contributed by atoms with Gasteiger partial charge in [-0.2, -0.15) is 13.2 Å². The molecule has 19 heavy (non-hydrogen) atoms. The summed E-state index contributed by atoms with van der Waals surface area (Å²) in [6.45, 7) is 1.28. The Labute approximate surface area is 109 Å². The molecule has 1 aromatic rings. The van der Waals surface area contributed by atoms with Gasteiger partial charge >= 0.3 is 6.18 Å². The van der Waals surface area contributed by atoms with E-state index in [1.165, 1.54) is 4.90 Å². The minimum absolute atomic E-state index is 0.0138. The molecule has 1 aromatic heterocycles. The Kier molecular flexibility index (Phi) is 5.29. The van der Waals surface area contributed by atoms with Crippen LogP contribution in [0.4, 0.5) is 13.2 Å². The molecule has 0 spiro atoms. The van der Waals surface area contributed by atoms with E-state index in [0.717, 1.165) is 25.1 Å². The number of pyridine rings is 1. The second-order valence-electron chi connectivity index (χ2n) is 4.11. The fraction of sp³-hybridized carbons (Fsp3) is 0.500. The van der Waals surface area contributed by atoms with Crippen molar-refractivity contribution in [1.29, 1.82) is 0 Å². The molecule has 4 nitrogen and oxygen atoms in total. The SMILES string of the molecule is CNCCCN(C)C(=O)c1ccc(C(F)(F)F)cn1. The highest BCUT2D eigenvalue weighted by molar-refractivity contribution is 5.92. The Bertz CT molecular complexity index is 417. The first-order chi connectivity index (χ1) is 8.86. The average molecular weight is 275 g/mol. The molecule has 1 N–H and O–H groups in total. The van der Waals surface area contributed by atoms with E-state index in [-0.39, 0.29) is 11.6 Å². The number of rotatable bonds is 5. The van der Waals surface area contributed by atoms with Gasteiger partial charge in [-0.3, -0.25) is 9.78 Å². The normalized spacial score (nSPS) is 11.4. The van der Waals surface area contributed by atoms with E-state index in [1.807, 2.05) is 0 Å². The van der Waals surface area contributed by atoms with Gasteiger partial charge in [0.25, 0.3) is 5.91 Å². The summed E-state index contributed by atoms with van der Waals surface area (Å²) >= 11 is 0. The predicted octanol–water partition coefficient (Wildman–Crippen LogP) is 1.78. The van der Waals surface area contributed by atoms with Gasteiger partial charge in [0.15, 0.2) is 0 Å². The lowest BCUT2D eigenvalue weighted by molar-refractivity contribution is -0.137. The number of aromatic nitrogens is 1. The number of amides is 1. The molecule has 0 aliphatic rings. The zero-order chi connectivity index (χ0) is 14.5. The van der Waals surface area contributed by atoms with Crippen LogP contribution >= 0.6 is 0 Å². The van der Waals surface area contributed by atoms with Gasteiger partial charge in [-0.05, 0) is 32.1 Å². The number of nitrogens with zero attached hydrogens (tertiary/aromatic N) is 2. The first-order valence-corrected chi connectivity index (χ1v) is 5.79. The van der Waals surface area contributed by atoms with Crippen LogP contribution in [0.15, 0.2) is 18.3 Å². The third-order valence-electron chi connectivity index (χ3n) is 2.58. The summed E-state index contributed by atoms with van der Waals surface area (Å²) in [5, 5.41) is 2.95. The lowest BCUT2D eigenvalue weighted by Gasteiger charge is -2.16. The van der Waals surface area contributed by atoms with E-state index in [4.69, 9.17) is 0 Å². The molecular weight excluding hydrogens is 259 g/mol. The Balaban J connectivity index is 2.67. The van der Waals surface area contributed by atoms with Crippen LogP contribution in [0.25, 0.3) is 0 Å². The van der Waals surface area contributed by atoms with Crippen LogP contribution in [0.5, 0.6) is 0 Å². The van der Waals surface area contributed by atoms with Crippen LogP contribution in [0.2, 0.25) is 0 Å². The van der Waals surface area contributed by atoms with Crippen molar-refractivity contribution < 1.29 is 18.0 Å². The smallest absolute Gasteiger partial charge is 0.340 e. The first kappa shape index (κ1) is 15.4. The standard InChI is InChI=1S/C12H16F3N3O/c1-16-6-3-7-18(2)11(19)10-5-4-9(8-17-10)12(13,14)15/h4-5,8,16H,3,6-7H2,1-2H3. The maximum Gasteiger partial charge on any atom is 0.417 e. The highest BCUT2D eigenvalue weighted by atomic mass is 19.4. The lowest BCUT2D eigenvalue weighted by atomic mass is 10.2. The van der Waals surface area contributed by atoms with Crippen molar-refractivity contribution in [2.45, 2.75) is 12.6 Å². The third kappa shape index (κ3) is 4.51. The number of hydrogen-bond acceptors (Lipinski definition) is 3. The van der Waals surface area contributed by atoms with Crippen LogP contribution < -0.4 is 5.32 Å². The van der Waals surface area contributed by atoms with Crippen molar-refractivity contribution in [3.63, 3.8) is 0 Å². The minimum Gasteiger partial charge on any atom is -0.340 e. The lowest BCUT2D eigenvalue weighted by Crippen LogP contribution is -2.30. The molecule has 0 aliphatic heterocycles. The average Bonchev–Trinajstić information content (AvgIpc) is 2.37. The molecule has 106 valence electrons. The summed E-state index contributed by atoms with van der Waals surface area (Å²) in [4.78, 5) is 16.9. The van der Waals surface area contributed by atoms with E-state index in [0.29, 0.717) is 12.7 Å². The van der Waals surface area contributed by atoms with Crippen LogP contribution in [-0.4, -0.2) is 43.0 Å². The van der Waals surface area contributed by atoms with Gasteiger partial charge in [-0.15, -0.1) is 0 Å². The van der Waals surface area contributed by atoms with Crippen LogP contribution in [-0.2, 0) is 6.18 Å². The van der Waals surface area contributed by atoms with Gasteiger partial charge in [0.05, 0.1) is 5.56 Å². The molecule has 0 radical (unpaired) electrons. The molecule has 1 heterocycles. The molecule has 0 aliphatic carbocycles. The Morgan fingerprint density at radius 2 is 2.11 bits per heavy atom. The second-order valence-corrected chi connectivity index (χ2v) is 4.11. The number of nitrogens with one attached hydrogen (secondary N) is 1. The Morgan fingerprint density at radius 3 is 2.58 bits per heavy atom. The minimum atomic E-state index is -4.44. The molecule has 0 aromatic carbocycles. The maximum atomic E-state index is 12.3. The molecular formula is C12H16F3N3O. The molecule has 0 fully saturated rings. The summed E-state index contributed by atoms with van der Waals surface area (Å²) in [7, 11) is 3.40. The van der Waals surface area contributed by atoms with Gasteiger partial charge in [0.2, 0.25) is 0 Å². The maximum absolute atomic E-state index is 12.3. The highest BCUT2D eigenvalue weighted by Gasteiger charge is 2.31. The van der Waals surface area contributed by atoms with Gasteiger partial charge in [-0.1, -0.05) is 0 Å². The van der Waals surface area contributed by atoms with E-state index >= 15 is 0 Å². The van der Waals surface area contributed by atoms with Crippen molar-refractivity contribution in [3.05, 3.63) is 29.6 Å². The fourth-order valence-corrected chi connectivity index (χ4v) is 1.48. The third-order valence-corrected chi connectivity index (χ3v) is 2.58. The number of carbonyl (C=O) groups excluding carboxylic acids is 1. The highest BCUT2D eigenvalue weighted by Crippen LogP contribution is 2.28. The molecule has 0 saturated carbocycles. The van der Waals surface area contributed by atoms with E-state index in [1.54, 1.807) is 14.1 Å². The molecule has 0 unspecified atom stereocenters. The molecule has 0 saturated heterocycles. The van der Waals surface area contributed by atoms with Crippen LogP contribution in [0, 0.1) is 0 Å². The molecule has 7 heteroatoms. The number of hydrogen-bond donors (Lipinski definition) is 1. The molecule has 0 bridgehead atoms. The van der Waals surface area contributed by atoms with Crippen molar-refractivity contribution in [3.8, 4) is 0 Å². The predicted molar refractivity (Wildman–Crippen MR) is 64.7 cm³/mol. The largest absolute Gasteiger partial charge is 0.417 e. The van der Waals surface area contributed by atoms with E-state index in [9.17, 15) is 18.0 Å². The zero-order valence-corrected chi connectivity index (χ0v) is 10.8. The van der Waals surface area contributed by atoms with E-state index < -0.39 is 11.7 Å². The Hall–Kier alpha value is -1.63. The number of alkyl halides is 3. The summed E-state index contributed by atoms with van der Waals surface area (Å²) in [6, 6.07) is 1.96. The molecule has 1 amide bonds. The monoisotopic (exact) mass is 275 g/mol. The van der Waals surface area contributed by atoms with Crippen molar-refractivity contribution in [2.24, 2.45) is 0 Å². The van der Waals surface area contributed by atoms with Crippen LogP contribution in [0.1, 0.15) is 22.5 Å². The van der Waals surface area contributed by atoms with Crippen molar-refractivity contribution >= 4 is 5.91 Å². The van der Waals surface area contributed by atoms with Gasteiger partial charge in [0, 0.05) is 19.8 Å². The van der Waals surface area contributed by atoms with Crippen molar-refractivity contribution in [2.75, 3.05) is 27.2 Å². The zero-order valence-electron chi connectivity index (χ0n) is 10.8. The fourth-order valence-electron chi connectivity index (χ4n) is 1.48. The van der Waals surface area contributed by atoms with Crippen LogP contribution in [0.3, 0.4) is 0 Å². The topological polar surface area (TPSA) is 45.2 Å². The van der Waals surface area contributed by atoms with Gasteiger partial charge in [-0.25, -0.2) is 0 Å². The quantitative estimate of drug-likeness (QED) is 0.833. The number of halogens is 3. The summed E-state index contributed by atoms with van der Waals surface area (Å²) < 4.78 is 37.0. The number of carbonyl (C=O) groups is 1. The van der Waals surface area contributed by atoms with E-state index in [2.05, 4.69) is 10.3 Å². The first-order valence-electron chi connectivity index (χ1n) is 5.79. The summed E-state index contributed by atoms with van der Waals surface area (Å²) in [5.41, 5.74) is -0.846. The summed E-state index contributed by atoms with van der Waals surface area (Å²) in [5.74, 6) is -0.384. The van der Waals surface area contributed by atoms with Gasteiger partial charge < -0.3 is 10.2 Å². The second kappa shape index (κ2) is 6.51. The Morgan fingerprint density at radius 1 is 1.42 bits per heavy atom.